The molecule has 0 fully saturated rings. The van der Waals surface area contributed by atoms with Crippen LogP contribution in [0.3, 0.4) is 0 Å². The molecule has 1 aromatic heterocycles. The number of fused-ring (bicyclic) bond motifs is 1. The highest BCUT2D eigenvalue weighted by Crippen LogP contribution is 2.33. The van der Waals surface area contributed by atoms with Gasteiger partial charge in [-0.15, -0.1) is 11.3 Å². The van der Waals surface area contributed by atoms with Gasteiger partial charge < -0.3 is 14.8 Å². The number of methoxy groups -OCH3 is 1. The van der Waals surface area contributed by atoms with Gasteiger partial charge in [0.2, 0.25) is 0 Å². The molecule has 1 N–H and O–H groups in total. The van der Waals surface area contributed by atoms with Gasteiger partial charge >= 0.3 is 0 Å². The van der Waals surface area contributed by atoms with Gasteiger partial charge in [-0.05, 0) is 18.7 Å². The predicted molar refractivity (Wildman–Crippen MR) is 80.7 cm³/mol. The molecule has 0 bridgehead atoms. The van der Waals surface area contributed by atoms with Crippen molar-refractivity contribution in [1.29, 1.82) is 0 Å². The highest BCUT2D eigenvalue weighted by atomic mass is 32.1. The van der Waals surface area contributed by atoms with Crippen LogP contribution in [0.5, 0.6) is 0 Å². The second-order valence-electron chi connectivity index (χ2n) is 4.44. The van der Waals surface area contributed by atoms with Crippen LogP contribution in [0.15, 0.2) is 18.2 Å². The Labute approximate surface area is 122 Å². The minimum atomic E-state index is -0.174. The minimum absolute atomic E-state index is 0.174. The van der Waals surface area contributed by atoms with Gasteiger partial charge in [-0.25, -0.2) is 4.39 Å². The van der Waals surface area contributed by atoms with Crippen molar-refractivity contribution >= 4 is 21.4 Å². The second kappa shape index (κ2) is 7.69. The fourth-order valence-corrected chi connectivity index (χ4v) is 3.26. The lowest BCUT2D eigenvalue weighted by atomic mass is 10.1. The van der Waals surface area contributed by atoms with Gasteiger partial charge in [0.15, 0.2) is 0 Å². The summed E-state index contributed by atoms with van der Waals surface area (Å²) in [4.78, 5) is 1.14. The maximum absolute atomic E-state index is 14.1. The molecule has 5 heteroatoms. The molecule has 110 valence electrons. The molecule has 20 heavy (non-hydrogen) atoms. The molecular weight excluding hydrogens is 277 g/mol. The van der Waals surface area contributed by atoms with E-state index in [1.54, 1.807) is 24.5 Å². The molecule has 0 amide bonds. The average Bonchev–Trinajstić information content (AvgIpc) is 2.80. The molecule has 0 aliphatic heterocycles. The fraction of sp³-hybridized carbons (Fsp3) is 0.467. The highest BCUT2D eigenvalue weighted by Gasteiger charge is 2.15. The molecule has 0 aliphatic rings. The molecular formula is C15H20FNO2S. The summed E-state index contributed by atoms with van der Waals surface area (Å²) in [5.74, 6) is -0.174. The van der Waals surface area contributed by atoms with E-state index < -0.39 is 0 Å². The first kappa shape index (κ1) is 15.4. The Hall–Kier alpha value is -1.01. The number of benzene rings is 1. The number of hydrogen-bond acceptors (Lipinski definition) is 4. The first-order chi connectivity index (χ1) is 9.77. The Bertz CT molecular complexity index is 556. The van der Waals surface area contributed by atoms with Crippen LogP contribution in [-0.2, 0) is 22.6 Å². The third-order valence-corrected chi connectivity index (χ3v) is 4.26. The third kappa shape index (κ3) is 3.55. The molecule has 0 aliphatic carbocycles. The van der Waals surface area contributed by atoms with E-state index in [2.05, 4.69) is 12.2 Å². The number of halogens is 1. The molecule has 0 radical (unpaired) electrons. The minimum Gasteiger partial charge on any atom is -0.382 e. The molecule has 3 nitrogen and oxygen atoms in total. The van der Waals surface area contributed by atoms with Gasteiger partial charge in [-0.2, -0.15) is 0 Å². The van der Waals surface area contributed by atoms with Gasteiger partial charge in [0.1, 0.15) is 5.82 Å². The zero-order valence-electron chi connectivity index (χ0n) is 11.9. The van der Waals surface area contributed by atoms with E-state index in [0.29, 0.717) is 25.2 Å². The van der Waals surface area contributed by atoms with Crippen molar-refractivity contribution in [2.75, 3.05) is 26.9 Å². The van der Waals surface area contributed by atoms with Gasteiger partial charge in [0.25, 0.3) is 0 Å². The maximum atomic E-state index is 14.1. The Balaban J connectivity index is 2.26. The summed E-state index contributed by atoms with van der Waals surface area (Å²) in [5.41, 5.74) is 0.958. The van der Waals surface area contributed by atoms with E-state index in [-0.39, 0.29) is 5.82 Å². The first-order valence-electron chi connectivity index (χ1n) is 6.74. The zero-order chi connectivity index (χ0) is 14.4. The van der Waals surface area contributed by atoms with Gasteiger partial charge in [-0.1, -0.05) is 13.0 Å². The zero-order valence-corrected chi connectivity index (χ0v) is 12.7. The summed E-state index contributed by atoms with van der Waals surface area (Å²) in [6, 6.07) is 5.21. The standard InChI is InChI=1S/C15H20FNO2S/c1-3-17-9-14-11(10-19-8-7-18-2)15-12(16)5-4-6-13(15)20-14/h4-6,17H,3,7-10H2,1-2H3. The lowest BCUT2D eigenvalue weighted by Crippen LogP contribution is -2.12. The van der Waals surface area contributed by atoms with Crippen molar-refractivity contribution in [3.05, 3.63) is 34.5 Å². The van der Waals surface area contributed by atoms with Crippen molar-refractivity contribution in [2.45, 2.75) is 20.1 Å². The van der Waals surface area contributed by atoms with Crippen molar-refractivity contribution in [2.24, 2.45) is 0 Å². The van der Waals surface area contributed by atoms with Crippen LogP contribution < -0.4 is 5.32 Å². The molecule has 0 spiro atoms. The summed E-state index contributed by atoms with van der Waals surface area (Å²) < 4.78 is 25.6. The topological polar surface area (TPSA) is 30.5 Å². The summed E-state index contributed by atoms with van der Waals surface area (Å²) >= 11 is 1.63. The fourth-order valence-electron chi connectivity index (χ4n) is 2.07. The van der Waals surface area contributed by atoms with Crippen molar-refractivity contribution < 1.29 is 13.9 Å². The molecule has 0 atom stereocenters. The Morgan fingerprint density at radius 3 is 2.90 bits per heavy atom. The summed E-state index contributed by atoms with van der Waals surface area (Å²) in [5, 5.41) is 3.99. The van der Waals surface area contributed by atoms with Gasteiger partial charge in [0.05, 0.1) is 19.8 Å². The van der Waals surface area contributed by atoms with Gasteiger partial charge in [0, 0.05) is 34.2 Å². The first-order valence-corrected chi connectivity index (χ1v) is 7.55. The third-order valence-electron chi connectivity index (χ3n) is 3.06. The van der Waals surface area contributed by atoms with Crippen LogP contribution in [0, 0.1) is 5.82 Å². The average molecular weight is 297 g/mol. The number of rotatable bonds is 8. The summed E-state index contributed by atoms with van der Waals surface area (Å²) in [6.07, 6.45) is 0. The Morgan fingerprint density at radius 2 is 2.15 bits per heavy atom. The largest absolute Gasteiger partial charge is 0.382 e. The van der Waals surface area contributed by atoms with Gasteiger partial charge in [-0.3, -0.25) is 0 Å². The monoisotopic (exact) mass is 297 g/mol. The van der Waals surface area contributed by atoms with E-state index >= 15 is 0 Å². The summed E-state index contributed by atoms with van der Waals surface area (Å²) in [6.45, 7) is 5.18. The predicted octanol–water partition coefficient (Wildman–Crippen LogP) is 3.31. The van der Waals surface area contributed by atoms with Crippen LogP contribution in [-0.4, -0.2) is 26.9 Å². The van der Waals surface area contributed by atoms with Crippen LogP contribution in [0.2, 0.25) is 0 Å². The number of ether oxygens (including phenoxy) is 2. The second-order valence-corrected chi connectivity index (χ2v) is 5.58. The quantitative estimate of drug-likeness (QED) is 0.758. The lowest BCUT2D eigenvalue weighted by molar-refractivity contribution is 0.0619. The molecule has 1 heterocycles. The Kier molecular flexibility index (Phi) is 5.91. The van der Waals surface area contributed by atoms with Crippen molar-refractivity contribution in [3.8, 4) is 0 Å². The van der Waals surface area contributed by atoms with E-state index in [0.717, 1.165) is 28.2 Å². The normalized spacial score (nSPS) is 11.3. The molecule has 0 saturated heterocycles. The molecule has 0 saturated carbocycles. The Morgan fingerprint density at radius 1 is 1.30 bits per heavy atom. The summed E-state index contributed by atoms with van der Waals surface area (Å²) in [7, 11) is 1.64. The number of nitrogens with one attached hydrogen (secondary N) is 1. The van der Waals surface area contributed by atoms with E-state index in [9.17, 15) is 4.39 Å². The SMILES string of the molecule is CCNCc1sc2cccc(F)c2c1COCCOC. The van der Waals surface area contributed by atoms with Crippen LogP contribution in [0.4, 0.5) is 4.39 Å². The van der Waals surface area contributed by atoms with Crippen LogP contribution in [0.25, 0.3) is 10.1 Å². The van der Waals surface area contributed by atoms with Crippen LogP contribution >= 0.6 is 11.3 Å². The van der Waals surface area contributed by atoms with Crippen molar-refractivity contribution in [3.63, 3.8) is 0 Å². The number of hydrogen-bond donors (Lipinski definition) is 1. The molecule has 0 unspecified atom stereocenters. The van der Waals surface area contributed by atoms with E-state index in [1.807, 2.05) is 6.07 Å². The van der Waals surface area contributed by atoms with Crippen molar-refractivity contribution in [1.82, 2.24) is 5.32 Å². The maximum Gasteiger partial charge on any atom is 0.132 e. The lowest BCUT2D eigenvalue weighted by Gasteiger charge is -2.07. The van der Waals surface area contributed by atoms with E-state index in [1.165, 1.54) is 6.07 Å². The number of thiophene rings is 1. The molecule has 2 aromatic rings. The molecule has 1 aromatic carbocycles. The highest BCUT2D eigenvalue weighted by molar-refractivity contribution is 7.19. The molecule has 2 rings (SSSR count). The van der Waals surface area contributed by atoms with Crippen LogP contribution in [0.1, 0.15) is 17.4 Å². The van der Waals surface area contributed by atoms with E-state index in [4.69, 9.17) is 9.47 Å². The smallest absolute Gasteiger partial charge is 0.132 e.